The van der Waals surface area contributed by atoms with E-state index in [0.717, 1.165) is 11.1 Å². The highest BCUT2D eigenvalue weighted by atomic mass is 35.5. The van der Waals surface area contributed by atoms with Crippen molar-refractivity contribution in [1.29, 1.82) is 0 Å². The fourth-order valence-corrected chi connectivity index (χ4v) is 3.34. The molecule has 0 fully saturated rings. The smallest absolute Gasteiger partial charge is 0.327 e. The van der Waals surface area contributed by atoms with Gasteiger partial charge in [0.25, 0.3) is 0 Å². The average molecular weight is 420 g/mol. The number of halogens is 1. The minimum atomic E-state index is -3.79. The van der Waals surface area contributed by atoms with Gasteiger partial charge in [-0.3, -0.25) is 9.48 Å². The zero-order chi connectivity index (χ0) is 20.3. The second-order valence-electron chi connectivity index (χ2n) is 5.97. The fraction of sp³-hybridized carbons (Fsp3) is 0.158. The second-order valence-corrected chi connectivity index (χ2v) is 7.97. The largest absolute Gasteiger partial charge is 0.465 e. The molecule has 0 amide bonds. The van der Waals surface area contributed by atoms with Gasteiger partial charge in [-0.25, -0.2) is 13.6 Å². The molecule has 0 aliphatic rings. The number of ether oxygens (including phenoxy) is 1. The molecular formula is C19H18ClN3O4S. The Morgan fingerprint density at radius 2 is 1.71 bits per heavy atom. The van der Waals surface area contributed by atoms with E-state index in [-0.39, 0.29) is 18.0 Å². The van der Waals surface area contributed by atoms with E-state index in [1.165, 1.54) is 16.8 Å². The van der Waals surface area contributed by atoms with E-state index in [2.05, 4.69) is 5.10 Å². The van der Waals surface area contributed by atoms with Crippen LogP contribution in [-0.2, 0) is 26.1 Å². The minimum Gasteiger partial charge on any atom is -0.465 e. The number of nitrogens with zero attached hydrogens (tertiary/aromatic N) is 2. The first kappa shape index (κ1) is 20.1. The summed E-state index contributed by atoms with van der Waals surface area (Å²) < 4.78 is 29.4. The zero-order valence-electron chi connectivity index (χ0n) is 15.0. The number of primary sulfonamides is 1. The van der Waals surface area contributed by atoms with Crippen LogP contribution in [0.4, 0.5) is 0 Å². The number of carbonyl (C=O) groups is 1. The van der Waals surface area contributed by atoms with Crippen LogP contribution in [0.15, 0.2) is 59.6 Å². The van der Waals surface area contributed by atoms with Gasteiger partial charge >= 0.3 is 5.97 Å². The number of hydrogen-bond acceptors (Lipinski definition) is 5. The Morgan fingerprint density at radius 3 is 2.29 bits per heavy atom. The van der Waals surface area contributed by atoms with Crippen LogP contribution in [0.1, 0.15) is 6.92 Å². The summed E-state index contributed by atoms with van der Waals surface area (Å²) in [6.07, 6.45) is 1.74. The van der Waals surface area contributed by atoms with Gasteiger partial charge in [-0.05, 0) is 36.8 Å². The number of carbonyl (C=O) groups excluding carboxylic acids is 1. The first-order valence-electron chi connectivity index (χ1n) is 8.40. The molecule has 0 saturated heterocycles. The van der Waals surface area contributed by atoms with E-state index >= 15 is 0 Å². The SMILES string of the molecule is CCOC(=O)Cn1cc(-c2ccc(Cl)cc2)c(-c2ccc(S(N)(=O)=O)cc2)n1. The third-order valence-corrected chi connectivity index (χ3v) is 5.15. The topological polar surface area (TPSA) is 104 Å². The summed E-state index contributed by atoms with van der Waals surface area (Å²) >= 11 is 5.97. The number of esters is 1. The molecule has 0 saturated carbocycles. The van der Waals surface area contributed by atoms with E-state index < -0.39 is 16.0 Å². The molecule has 0 aliphatic heterocycles. The lowest BCUT2D eigenvalue weighted by Gasteiger charge is -2.04. The van der Waals surface area contributed by atoms with Crippen molar-refractivity contribution in [2.75, 3.05) is 6.61 Å². The van der Waals surface area contributed by atoms with E-state index in [9.17, 15) is 13.2 Å². The van der Waals surface area contributed by atoms with E-state index in [1.54, 1.807) is 37.4 Å². The zero-order valence-corrected chi connectivity index (χ0v) is 16.6. The summed E-state index contributed by atoms with van der Waals surface area (Å²) in [7, 11) is -3.79. The lowest BCUT2D eigenvalue weighted by Crippen LogP contribution is -2.13. The number of aromatic nitrogens is 2. The third kappa shape index (κ3) is 4.59. The van der Waals surface area contributed by atoms with Crippen molar-refractivity contribution in [2.45, 2.75) is 18.4 Å². The molecule has 1 aromatic heterocycles. The van der Waals surface area contributed by atoms with Crippen molar-refractivity contribution < 1.29 is 17.9 Å². The minimum absolute atomic E-state index is 0.00949. The van der Waals surface area contributed by atoms with Gasteiger partial charge in [0, 0.05) is 22.3 Å². The molecule has 2 aromatic carbocycles. The molecule has 7 nitrogen and oxygen atoms in total. The number of hydrogen-bond donors (Lipinski definition) is 1. The quantitative estimate of drug-likeness (QED) is 0.618. The molecule has 2 N–H and O–H groups in total. The molecule has 9 heteroatoms. The highest BCUT2D eigenvalue weighted by molar-refractivity contribution is 7.89. The van der Waals surface area contributed by atoms with Gasteiger partial charge in [0.15, 0.2) is 0 Å². The molecule has 1 heterocycles. The summed E-state index contributed by atoms with van der Waals surface area (Å²) in [4.78, 5) is 11.8. The fourth-order valence-electron chi connectivity index (χ4n) is 2.70. The predicted molar refractivity (Wildman–Crippen MR) is 106 cm³/mol. The Kier molecular flexibility index (Phi) is 5.83. The van der Waals surface area contributed by atoms with Gasteiger partial charge < -0.3 is 4.74 Å². The predicted octanol–water partition coefficient (Wildman–Crippen LogP) is 3.08. The van der Waals surface area contributed by atoms with Gasteiger partial charge in [0.2, 0.25) is 10.0 Å². The maximum atomic E-state index is 11.8. The summed E-state index contributed by atoms with van der Waals surface area (Å²) in [6, 6.07) is 13.3. The molecule has 0 bridgehead atoms. The average Bonchev–Trinajstić information content (AvgIpc) is 3.05. The lowest BCUT2D eigenvalue weighted by atomic mass is 10.0. The van der Waals surface area contributed by atoms with Crippen molar-refractivity contribution in [3.05, 3.63) is 59.8 Å². The van der Waals surface area contributed by atoms with Crippen molar-refractivity contribution in [3.63, 3.8) is 0 Å². The highest BCUT2D eigenvalue weighted by Crippen LogP contribution is 2.32. The van der Waals surface area contributed by atoms with Crippen LogP contribution in [0.2, 0.25) is 5.02 Å². The Hall–Kier alpha value is -2.68. The first-order valence-corrected chi connectivity index (χ1v) is 10.3. The van der Waals surface area contributed by atoms with Crippen LogP contribution >= 0.6 is 11.6 Å². The summed E-state index contributed by atoms with van der Waals surface area (Å²) in [5.41, 5.74) is 2.89. The molecule has 0 aliphatic carbocycles. The van der Waals surface area contributed by atoms with Gasteiger partial charge in [-0.15, -0.1) is 0 Å². The van der Waals surface area contributed by atoms with Crippen LogP contribution in [0.5, 0.6) is 0 Å². The summed E-state index contributed by atoms with van der Waals surface area (Å²) in [6.45, 7) is 1.98. The van der Waals surface area contributed by atoms with Gasteiger partial charge in [-0.1, -0.05) is 35.9 Å². The maximum Gasteiger partial charge on any atom is 0.327 e. The molecule has 0 spiro atoms. The highest BCUT2D eigenvalue weighted by Gasteiger charge is 2.16. The molecular weight excluding hydrogens is 402 g/mol. The van der Waals surface area contributed by atoms with Crippen molar-refractivity contribution in [2.24, 2.45) is 5.14 Å². The Morgan fingerprint density at radius 1 is 1.11 bits per heavy atom. The van der Waals surface area contributed by atoms with E-state index in [0.29, 0.717) is 16.3 Å². The van der Waals surface area contributed by atoms with Crippen LogP contribution in [0.25, 0.3) is 22.4 Å². The van der Waals surface area contributed by atoms with Gasteiger partial charge in [0.05, 0.1) is 11.5 Å². The third-order valence-electron chi connectivity index (χ3n) is 3.97. The second kappa shape index (κ2) is 8.14. The van der Waals surface area contributed by atoms with Crippen molar-refractivity contribution >= 4 is 27.6 Å². The maximum absolute atomic E-state index is 11.8. The van der Waals surface area contributed by atoms with Crippen molar-refractivity contribution in [1.82, 2.24) is 9.78 Å². The monoisotopic (exact) mass is 419 g/mol. The van der Waals surface area contributed by atoms with Crippen LogP contribution in [0, 0.1) is 0 Å². The van der Waals surface area contributed by atoms with E-state index in [4.69, 9.17) is 21.5 Å². The molecule has 3 rings (SSSR count). The number of sulfonamides is 1. The van der Waals surface area contributed by atoms with Crippen molar-refractivity contribution in [3.8, 4) is 22.4 Å². The number of nitrogens with two attached hydrogens (primary N) is 1. The molecule has 28 heavy (non-hydrogen) atoms. The number of rotatable bonds is 6. The Bertz CT molecular complexity index is 1090. The standard InChI is InChI=1S/C19H18ClN3O4S/c1-2-27-18(24)12-23-11-17(13-3-7-15(20)8-4-13)19(22-23)14-5-9-16(10-6-14)28(21,25)26/h3-11H,2,12H2,1H3,(H2,21,25,26). The first-order chi connectivity index (χ1) is 13.3. The molecule has 146 valence electrons. The van der Waals surface area contributed by atoms with Crippen LogP contribution in [-0.4, -0.2) is 30.8 Å². The van der Waals surface area contributed by atoms with Crippen LogP contribution in [0.3, 0.4) is 0 Å². The van der Waals surface area contributed by atoms with Crippen LogP contribution < -0.4 is 5.14 Å². The summed E-state index contributed by atoms with van der Waals surface area (Å²) in [5.74, 6) is -0.399. The molecule has 3 aromatic rings. The lowest BCUT2D eigenvalue weighted by molar-refractivity contribution is -0.144. The molecule has 0 unspecified atom stereocenters. The Balaban J connectivity index is 2.06. The summed E-state index contributed by atoms with van der Waals surface area (Å²) in [5, 5.41) is 10.3. The normalized spacial score (nSPS) is 11.4. The van der Waals surface area contributed by atoms with Gasteiger partial charge in [-0.2, -0.15) is 5.10 Å². The van der Waals surface area contributed by atoms with Gasteiger partial charge in [0.1, 0.15) is 12.2 Å². The number of benzene rings is 2. The Labute approximate surface area is 167 Å². The molecule has 0 atom stereocenters. The van der Waals surface area contributed by atoms with E-state index in [1.807, 2.05) is 12.1 Å². The molecule has 0 radical (unpaired) electrons.